The molecule has 0 aliphatic heterocycles. The molecule has 0 radical (unpaired) electrons. The topological polar surface area (TPSA) is 172 Å². The molecule has 316 valence electrons. The lowest BCUT2D eigenvalue weighted by Gasteiger charge is -2.20. The van der Waals surface area contributed by atoms with Crippen LogP contribution in [0.2, 0.25) is 0 Å². The van der Waals surface area contributed by atoms with Crippen LogP contribution >= 0.6 is 7.82 Å². The van der Waals surface area contributed by atoms with Gasteiger partial charge in [-0.25, -0.2) is 4.57 Å². The average molecular weight is 804 g/mol. The molecular weight excluding hydrogens is 733 g/mol. The van der Waals surface area contributed by atoms with E-state index in [-0.39, 0.29) is 12.8 Å². The summed E-state index contributed by atoms with van der Waals surface area (Å²) < 4.78 is 32.5. The Labute approximate surface area is 336 Å². The average Bonchev–Trinajstić information content (AvgIpc) is 3.17. The van der Waals surface area contributed by atoms with Gasteiger partial charge < -0.3 is 25.2 Å². The van der Waals surface area contributed by atoms with Gasteiger partial charge in [-0.2, -0.15) is 0 Å². The summed E-state index contributed by atoms with van der Waals surface area (Å²) >= 11 is 0. The second-order valence-corrected chi connectivity index (χ2v) is 14.5. The fraction of sp³-hybridized carbons (Fsp3) is 0.568. The summed E-state index contributed by atoms with van der Waals surface area (Å²) in [6, 6.07) is -1.54. The van der Waals surface area contributed by atoms with E-state index in [0.29, 0.717) is 12.8 Å². The molecule has 0 spiro atoms. The van der Waals surface area contributed by atoms with Crippen LogP contribution in [0.5, 0.6) is 0 Å². The minimum atomic E-state index is -4.75. The number of rotatable bonds is 36. The van der Waals surface area contributed by atoms with Gasteiger partial charge in [0.05, 0.1) is 19.6 Å². The first-order valence-electron chi connectivity index (χ1n) is 20.3. The number of carboxylic acid groups (broad SMARTS) is 1. The third-order valence-electron chi connectivity index (χ3n) is 7.86. The lowest BCUT2D eigenvalue weighted by Crippen LogP contribution is -2.34. The number of esters is 2. The van der Waals surface area contributed by atoms with E-state index in [1.54, 1.807) is 6.08 Å². The highest BCUT2D eigenvalue weighted by molar-refractivity contribution is 7.47. The molecule has 0 saturated carbocycles. The molecular formula is C44H70NO10P. The van der Waals surface area contributed by atoms with Crippen molar-refractivity contribution in [1.29, 1.82) is 0 Å². The fourth-order valence-corrected chi connectivity index (χ4v) is 5.52. The Hall–Kier alpha value is -3.60. The highest BCUT2D eigenvalue weighted by Gasteiger charge is 2.28. The molecule has 56 heavy (non-hydrogen) atoms. The first-order valence-corrected chi connectivity index (χ1v) is 21.8. The van der Waals surface area contributed by atoms with Gasteiger partial charge in [0.15, 0.2) is 6.10 Å². The highest BCUT2D eigenvalue weighted by Crippen LogP contribution is 2.43. The number of phosphoric ester groups is 1. The molecule has 12 heteroatoms. The normalized spacial score (nSPS) is 14.8. The number of aliphatic carboxylic acids is 1. The van der Waals surface area contributed by atoms with Crippen molar-refractivity contribution in [3.63, 3.8) is 0 Å². The molecule has 3 atom stereocenters. The molecule has 0 amide bonds. The predicted octanol–water partition coefficient (Wildman–Crippen LogP) is 10.5. The maximum absolute atomic E-state index is 12.5. The van der Waals surface area contributed by atoms with E-state index < -0.39 is 57.7 Å². The summed E-state index contributed by atoms with van der Waals surface area (Å²) in [5, 5.41) is 8.87. The van der Waals surface area contributed by atoms with Crippen LogP contribution in [0, 0.1) is 0 Å². The van der Waals surface area contributed by atoms with Crippen molar-refractivity contribution in [2.45, 2.75) is 142 Å². The number of nitrogens with two attached hydrogens (primary N) is 1. The van der Waals surface area contributed by atoms with E-state index in [4.69, 9.17) is 24.8 Å². The van der Waals surface area contributed by atoms with Crippen LogP contribution in [0.15, 0.2) is 97.2 Å². The molecule has 0 heterocycles. The molecule has 0 aliphatic carbocycles. The van der Waals surface area contributed by atoms with Crippen molar-refractivity contribution < 1.29 is 47.5 Å². The van der Waals surface area contributed by atoms with Gasteiger partial charge in [0, 0.05) is 6.42 Å². The van der Waals surface area contributed by atoms with Crippen LogP contribution in [0.1, 0.15) is 129 Å². The van der Waals surface area contributed by atoms with Crippen LogP contribution in [0.4, 0.5) is 0 Å². The number of carbonyl (C=O) groups is 3. The molecule has 0 rings (SSSR count). The Balaban J connectivity index is 4.55. The molecule has 0 saturated heterocycles. The van der Waals surface area contributed by atoms with Crippen molar-refractivity contribution in [2.75, 3.05) is 19.8 Å². The van der Waals surface area contributed by atoms with Crippen molar-refractivity contribution in [1.82, 2.24) is 0 Å². The number of phosphoric acid groups is 1. The Morgan fingerprint density at radius 3 is 1.50 bits per heavy atom. The van der Waals surface area contributed by atoms with Gasteiger partial charge in [-0.3, -0.25) is 23.4 Å². The molecule has 0 aromatic heterocycles. The largest absolute Gasteiger partial charge is 0.480 e. The van der Waals surface area contributed by atoms with Crippen LogP contribution in [0.25, 0.3) is 0 Å². The van der Waals surface area contributed by atoms with Crippen molar-refractivity contribution in [2.24, 2.45) is 5.73 Å². The number of allylic oxidation sites excluding steroid dienone is 15. The quantitative estimate of drug-likeness (QED) is 0.0238. The molecule has 0 aliphatic rings. The minimum absolute atomic E-state index is 0.0789. The van der Waals surface area contributed by atoms with Crippen molar-refractivity contribution in [3.8, 4) is 0 Å². The summed E-state index contributed by atoms with van der Waals surface area (Å²) in [5.41, 5.74) is 5.32. The monoisotopic (exact) mass is 803 g/mol. The van der Waals surface area contributed by atoms with E-state index in [9.17, 15) is 23.8 Å². The molecule has 11 nitrogen and oxygen atoms in total. The van der Waals surface area contributed by atoms with E-state index in [2.05, 4.69) is 91.3 Å². The molecule has 0 aromatic carbocycles. The lowest BCUT2D eigenvalue weighted by molar-refractivity contribution is -0.160. The number of ether oxygens (including phenoxy) is 2. The maximum Gasteiger partial charge on any atom is 0.472 e. The highest BCUT2D eigenvalue weighted by atomic mass is 31.2. The van der Waals surface area contributed by atoms with E-state index in [0.717, 1.165) is 83.5 Å². The lowest BCUT2D eigenvalue weighted by atomic mass is 10.1. The number of carboxylic acids is 1. The maximum atomic E-state index is 12.5. The first-order chi connectivity index (χ1) is 27.1. The summed E-state index contributed by atoms with van der Waals surface area (Å²) in [7, 11) is -4.75. The van der Waals surface area contributed by atoms with Gasteiger partial charge in [-0.05, 0) is 70.6 Å². The minimum Gasteiger partial charge on any atom is -0.480 e. The van der Waals surface area contributed by atoms with Gasteiger partial charge in [0.25, 0.3) is 0 Å². The summed E-state index contributed by atoms with van der Waals surface area (Å²) in [6.07, 6.45) is 47.9. The number of hydrogen-bond donors (Lipinski definition) is 3. The van der Waals surface area contributed by atoms with E-state index in [1.165, 1.54) is 6.42 Å². The van der Waals surface area contributed by atoms with Gasteiger partial charge in [-0.1, -0.05) is 143 Å². The predicted molar refractivity (Wildman–Crippen MR) is 226 cm³/mol. The van der Waals surface area contributed by atoms with Crippen LogP contribution in [0.3, 0.4) is 0 Å². The summed E-state index contributed by atoms with van der Waals surface area (Å²) in [6.45, 7) is 2.44. The SMILES string of the molecule is CC/C=C\C/C=C\C/C=C\C/C=C\C/C=C\CC(=O)OC(COC(=O)CCCCCCCCC/C=C\C/C=C\C/C=C\CC)COP(=O)(O)OCC(N)C(=O)O. The first kappa shape index (κ1) is 52.4. The Morgan fingerprint density at radius 1 is 0.571 bits per heavy atom. The third-order valence-corrected chi connectivity index (χ3v) is 8.81. The standard InChI is InChI=1S/C44H70NO10P/c1-3-5-7-9-11-13-15-17-19-20-22-23-25-27-29-31-33-35-42(46)52-37-40(38-53-56(50,51)54-39-41(45)44(48)49)55-43(47)36-34-32-30-28-26-24-21-18-16-14-12-10-8-6-4-2/h5-8,11-14,17-19,21,26,28,32,34,40-41H,3-4,9-10,15-16,20,22-25,27,29-31,33,35-39,45H2,1-2H3,(H,48,49)(H,50,51)/b7-5-,8-6-,13-11-,14-12-,19-17-,21-18-,28-26-,34-32-. The second kappa shape index (κ2) is 38.3. The number of hydrogen-bond acceptors (Lipinski definition) is 9. The van der Waals surface area contributed by atoms with E-state index in [1.807, 2.05) is 18.2 Å². The molecule has 0 bridgehead atoms. The van der Waals surface area contributed by atoms with Crippen LogP contribution in [-0.2, 0) is 37.5 Å². The van der Waals surface area contributed by atoms with Crippen LogP contribution in [-0.4, -0.2) is 59.9 Å². The zero-order chi connectivity index (χ0) is 41.4. The van der Waals surface area contributed by atoms with Crippen molar-refractivity contribution in [3.05, 3.63) is 97.2 Å². The Bertz CT molecular complexity index is 1310. The summed E-state index contributed by atoms with van der Waals surface area (Å²) in [5.74, 6) is -2.57. The molecule has 4 N–H and O–H groups in total. The number of unbranched alkanes of at least 4 members (excludes halogenated alkanes) is 7. The van der Waals surface area contributed by atoms with Gasteiger partial charge in [0.1, 0.15) is 12.6 Å². The summed E-state index contributed by atoms with van der Waals surface area (Å²) in [4.78, 5) is 45.8. The Kier molecular flexibility index (Phi) is 35.8. The Morgan fingerprint density at radius 2 is 1.00 bits per heavy atom. The van der Waals surface area contributed by atoms with Crippen molar-refractivity contribution >= 4 is 25.7 Å². The molecule has 0 fully saturated rings. The molecule has 3 unspecified atom stereocenters. The third kappa shape index (κ3) is 37.3. The second-order valence-electron chi connectivity index (χ2n) is 13.0. The zero-order valence-electron chi connectivity index (χ0n) is 33.9. The van der Waals surface area contributed by atoms with Crippen LogP contribution < -0.4 is 5.73 Å². The van der Waals surface area contributed by atoms with Gasteiger partial charge in [-0.15, -0.1) is 0 Å². The van der Waals surface area contributed by atoms with Gasteiger partial charge in [0.2, 0.25) is 0 Å². The zero-order valence-corrected chi connectivity index (χ0v) is 34.8. The molecule has 0 aromatic rings. The fourth-order valence-electron chi connectivity index (χ4n) is 4.74. The number of carbonyl (C=O) groups excluding carboxylic acids is 2. The van der Waals surface area contributed by atoms with Gasteiger partial charge >= 0.3 is 25.7 Å². The smallest absolute Gasteiger partial charge is 0.472 e. The van der Waals surface area contributed by atoms with E-state index >= 15 is 0 Å².